The van der Waals surface area contributed by atoms with Crippen molar-refractivity contribution in [3.63, 3.8) is 0 Å². The molecule has 5 nitrogen and oxygen atoms in total. The quantitative estimate of drug-likeness (QED) is 0.777. The molecule has 0 saturated carbocycles. The third-order valence-corrected chi connectivity index (χ3v) is 4.98. The molecule has 0 spiro atoms. The van der Waals surface area contributed by atoms with Gasteiger partial charge in [-0.2, -0.15) is 0 Å². The highest BCUT2D eigenvalue weighted by atomic mass is 16.5. The maximum Gasteiger partial charge on any atom is 0.190 e. The number of aromatic nitrogens is 1. The molecule has 0 unspecified atom stereocenters. The first-order valence-corrected chi connectivity index (χ1v) is 8.84. The molecule has 0 aliphatic carbocycles. The van der Waals surface area contributed by atoms with Crippen LogP contribution < -0.4 is 19.8 Å². The van der Waals surface area contributed by atoms with Crippen molar-refractivity contribution in [2.75, 3.05) is 32.2 Å². The Hall–Kier alpha value is -2.95. The van der Waals surface area contributed by atoms with Gasteiger partial charge >= 0.3 is 0 Å². The van der Waals surface area contributed by atoms with Gasteiger partial charge in [-0.15, -0.1) is 0 Å². The smallest absolute Gasteiger partial charge is 0.190 e. The molecule has 0 amide bonds. The Bertz CT molecular complexity index is 1000. The van der Waals surface area contributed by atoms with Gasteiger partial charge in [0.2, 0.25) is 0 Å². The van der Waals surface area contributed by atoms with Crippen LogP contribution in [0.3, 0.4) is 0 Å². The number of anilines is 1. The summed E-state index contributed by atoms with van der Waals surface area (Å²) in [5, 5.41) is 0.708. The zero-order chi connectivity index (χ0) is 18.1. The van der Waals surface area contributed by atoms with Gasteiger partial charge in [0.25, 0.3) is 0 Å². The van der Waals surface area contributed by atoms with E-state index in [1.54, 1.807) is 20.3 Å². The maximum atomic E-state index is 12.8. The lowest BCUT2D eigenvalue weighted by molar-refractivity contribution is 0.356. The number of hydrogen-bond acceptors (Lipinski definition) is 4. The molecule has 2 aromatic carbocycles. The fraction of sp³-hybridized carbons (Fsp3) is 0.286. The number of ether oxygens (including phenoxy) is 2. The summed E-state index contributed by atoms with van der Waals surface area (Å²) in [7, 11) is 3.20. The molecule has 1 fully saturated rings. The van der Waals surface area contributed by atoms with Gasteiger partial charge in [0.05, 0.1) is 19.9 Å². The van der Waals surface area contributed by atoms with Gasteiger partial charge in [0.15, 0.2) is 16.9 Å². The zero-order valence-electron chi connectivity index (χ0n) is 15.0. The Balaban J connectivity index is 1.83. The molecule has 0 radical (unpaired) electrons. The van der Waals surface area contributed by atoms with Gasteiger partial charge < -0.3 is 19.4 Å². The van der Waals surface area contributed by atoms with Gasteiger partial charge in [-0.3, -0.25) is 4.79 Å². The van der Waals surface area contributed by atoms with E-state index in [0.717, 1.165) is 29.9 Å². The predicted octanol–water partition coefficient (Wildman–Crippen LogP) is 3.81. The molecule has 0 bridgehead atoms. The lowest BCUT2D eigenvalue weighted by atomic mass is 10.1. The Morgan fingerprint density at radius 3 is 2.54 bits per heavy atom. The van der Waals surface area contributed by atoms with Crippen LogP contribution in [0.5, 0.6) is 11.5 Å². The maximum absolute atomic E-state index is 12.8. The number of aromatic amines is 1. The highest BCUT2D eigenvalue weighted by molar-refractivity contribution is 5.86. The summed E-state index contributed by atoms with van der Waals surface area (Å²) in [6.07, 6.45) is 2.42. The monoisotopic (exact) mass is 350 g/mol. The highest BCUT2D eigenvalue weighted by Gasteiger charge is 2.16. The summed E-state index contributed by atoms with van der Waals surface area (Å²) < 4.78 is 10.9. The number of nitrogens with one attached hydrogen (secondary N) is 1. The molecule has 2 heterocycles. The lowest BCUT2D eigenvalue weighted by Crippen LogP contribution is -2.17. The standard InChI is InChI=1S/C21H22N2O3/c1-25-20-7-5-6-15(21(20)26-2)18-13-19(24)16-12-14(8-9-17(16)22-18)23-10-3-4-11-23/h5-9,12-13H,3-4,10-11H2,1-2H3,(H,22,24). The number of hydrogen-bond donors (Lipinski definition) is 1. The Morgan fingerprint density at radius 2 is 1.81 bits per heavy atom. The minimum atomic E-state index is -0.000306. The van der Waals surface area contributed by atoms with E-state index >= 15 is 0 Å². The molecule has 3 aromatic rings. The van der Waals surface area contributed by atoms with Crippen molar-refractivity contribution in [3.05, 3.63) is 52.7 Å². The summed E-state index contributed by atoms with van der Waals surface area (Å²) in [5.41, 5.74) is 3.45. The Labute approximate surface area is 152 Å². The molecule has 1 saturated heterocycles. The van der Waals surface area contributed by atoms with Crippen LogP contribution in [-0.4, -0.2) is 32.3 Å². The minimum absolute atomic E-state index is 0.000306. The van der Waals surface area contributed by atoms with Crippen molar-refractivity contribution in [2.45, 2.75) is 12.8 Å². The van der Waals surface area contributed by atoms with Gasteiger partial charge in [-0.1, -0.05) is 6.07 Å². The van der Waals surface area contributed by atoms with Crippen molar-refractivity contribution in [2.24, 2.45) is 0 Å². The third kappa shape index (κ3) is 2.79. The van der Waals surface area contributed by atoms with E-state index in [1.165, 1.54) is 12.8 Å². The molecule has 1 aliphatic heterocycles. The summed E-state index contributed by atoms with van der Waals surface area (Å²) in [5.74, 6) is 1.24. The topological polar surface area (TPSA) is 54.6 Å². The molecular formula is C21H22N2O3. The second kappa shape index (κ2) is 6.75. The van der Waals surface area contributed by atoms with Crippen molar-refractivity contribution in [1.29, 1.82) is 0 Å². The minimum Gasteiger partial charge on any atom is -0.493 e. The van der Waals surface area contributed by atoms with Crippen LogP contribution in [-0.2, 0) is 0 Å². The van der Waals surface area contributed by atoms with Crippen molar-refractivity contribution < 1.29 is 9.47 Å². The number of benzene rings is 2. The number of rotatable bonds is 4. The number of nitrogens with zero attached hydrogens (tertiary/aromatic N) is 1. The van der Waals surface area contributed by atoms with E-state index in [2.05, 4.69) is 16.0 Å². The van der Waals surface area contributed by atoms with Crippen molar-refractivity contribution in [1.82, 2.24) is 4.98 Å². The predicted molar refractivity (Wildman–Crippen MR) is 105 cm³/mol. The van der Waals surface area contributed by atoms with Crippen LogP contribution in [0.4, 0.5) is 5.69 Å². The van der Waals surface area contributed by atoms with E-state index in [1.807, 2.05) is 30.3 Å². The second-order valence-corrected chi connectivity index (χ2v) is 6.51. The van der Waals surface area contributed by atoms with E-state index in [9.17, 15) is 4.79 Å². The first-order valence-electron chi connectivity index (χ1n) is 8.84. The Morgan fingerprint density at radius 1 is 1.00 bits per heavy atom. The first kappa shape index (κ1) is 16.5. The fourth-order valence-electron chi connectivity index (χ4n) is 3.65. The zero-order valence-corrected chi connectivity index (χ0v) is 15.0. The van der Waals surface area contributed by atoms with Gasteiger partial charge in [-0.05, 0) is 43.2 Å². The lowest BCUT2D eigenvalue weighted by Gasteiger charge is -2.18. The summed E-state index contributed by atoms with van der Waals surface area (Å²) in [6, 6.07) is 13.3. The summed E-state index contributed by atoms with van der Waals surface area (Å²) in [6.45, 7) is 2.12. The summed E-state index contributed by atoms with van der Waals surface area (Å²) in [4.78, 5) is 18.5. The van der Waals surface area contributed by atoms with Crippen LogP contribution >= 0.6 is 0 Å². The van der Waals surface area contributed by atoms with E-state index < -0.39 is 0 Å². The molecule has 1 aliphatic rings. The van der Waals surface area contributed by atoms with Gasteiger partial charge in [0.1, 0.15) is 0 Å². The van der Waals surface area contributed by atoms with Crippen LogP contribution in [0.15, 0.2) is 47.3 Å². The van der Waals surface area contributed by atoms with Gasteiger partial charge in [-0.25, -0.2) is 0 Å². The van der Waals surface area contributed by atoms with E-state index in [4.69, 9.17) is 9.47 Å². The SMILES string of the molecule is COc1cccc(-c2cc(=O)c3cc(N4CCCC4)ccc3[nH]2)c1OC. The van der Waals surface area contributed by atoms with Crippen LogP contribution in [0.1, 0.15) is 12.8 Å². The number of pyridine rings is 1. The van der Waals surface area contributed by atoms with Crippen molar-refractivity contribution in [3.8, 4) is 22.8 Å². The highest BCUT2D eigenvalue weighted by Crippen LogP contribution is 2.37. The molecule has 1 aromatic heterocycles. The van der Waals surface area contributed by atoms with Crippen LogP contribution in [0, 0.1) is 0 Å². The molecule has 5 heteroatoms. The van der Waals surface area contributed by atoms with Crippen LogP contribution in [0.2, 0.25) is 0 Å². The Kier molecular flexibility index (Phi) is 4.29. The summed E-state index contributed by atoms with van der Waals surface area (Å²) >= 11 is 0. The molecule has 26 heavy (non-hydrogen) atoms. The number of para-hydroxylation sites is 1. The average Bonchev–Trinajstić information content (AvgIpc) is 3.21. The normalized spacial score (nSPS) is 14.0. The first-order chi connectivity index (χ1) is 12.7. The third-order valence-electron chi connectivity index (χ3n) is 4.98. The molecule has 134 valence electrons. The van der Waals surface area contributed by atoms with E-state index in [0.29, 0.717) is 22.6 Å². The molecule has 0 atom stereocenters. The number of H-pyrrole nitrogens is 1. The van der Waals surface area contributed by atoms with Crippen molar-refractivity contribution >= 4 is 16.6 Å². The van der Waals surface area contributed by atoms with Crippen LogP contribution in [0.25, 0.3) is 22.2 Å². The van der Waals surface area contributed by atoms with E-state index in [-0.39, 0.29) is 5.43 Å². The largest absolute Gasteiger partial charge is 0.493 e. The average molecular weight is 350 g/mol. The fourth-order valence-corrected chi connectivity index (χ4v) is 3.65. The van der Waals surface area contributed by atoms with Gasteiger partial charge in [0, 0.05) is 41.3 Å². The second-order valence-electron chi connectivity index (χ2n) is 6.51. The number of fused-ring (bicyclic) bond motifs is 1. The molecule has 1 N–H and O–H groups in total. The molecule has 4 rings (SSSR count). The number of methoxy groups -OCH3 is 2. The molecular weight excluding hydrogens is 328 g/mol.